The van der Waals surface area contributed by atoms with Crippen LogP contribution in [0, 0.1) is 0 Å². The fourth-order valence-corrected chi connectivity index (χ4v) is 7.82. The van der Waals surface area contributed by atoms with Gasteiger partial charge >= 0.3 is 17.9 Å². The Morgan fingerprint density at radius 3 is 0.930 bits per heavy atom. The van der Waals surface area contributed by atoms with Crippen molar-refractivity contribution < 1.29 is 28.6 Å². The fourth-order valence-electron chi connectivity index (χ4n) is 7.82. The second kappa shape index (κ2) is 58.6. The zero-order valence-corrected chi connectivity index (χ0v) is 46.2. The van der Waals surface area contributed by atoms with E-state index in [1.807, 2.05) is 0 Å². The van der Waals surface area contributed by atoms with Gasteiger partial charge in [-0.15, -0.1) is 0 Å². The number of unbranched alkanes of at least 4 members (excludes halogenated alkanes) is 23. The van der Waals surface area contributed by atoms with E-state index in [0.29, 0.717) is 19.3 Å². The zero-order chi connectivity index (χ0) is 51.4. The van der Waals surface area contributed by atoms with Crippen molar-refractivity contribution in [2.45, 2.75) is 271 Å². The summed E-state index contributed by atoms with van der Waals surface area (Å²) in [6.45, 7) is 6.44. The average Bonchev–Trinajstić information content (AvgIpc) is 3.37. The smallest absolute Gasteiger partial charge is 0.306 e. The summed E-state index contributed by atoms with van der Waals surface area (Å²) < 4.78 is 16.8. The van der Waals surface area contributed by atoms with Crippen molar-refractivity contribution in [3.05, 3.63) is 109 Å². The lowest BCUT2D eigenvalue weighted by Crippen LogP contribution is -2.30. The van der Waals surface area contributed by atoms with Crippen LogP contribution in [-0.2, 0) is 28.6 Å². The average molecular weight is 986 g/mol. The summed E-state index contributed by atoms with van der Waals surface area (Å²) in [4.78, 5) is 38.2. The maximum Gasteiger partial charge on any atom is 0.306 e. The minimum absolute atomic E-state index is 0.0991. The molecule has 0 spiro atoms. The van der Waals surface area contributed by atoms with Gasteiger partial charge < -0.3 is 14.2 Å². The van der Waals surface area contributed by atoms with Gasteiger partial charge in [-0.05, 0) is 128 Å². The second-order valence-corrected chi connectivity index (χ2v) is 19.2. The van der Waals surface area contributed by atoms with Gasteiger partial charge in [-0.2, -0.15) is 0 Å². The Kier molecular flexibility index (Phi) is 55.4. The highest BCUT2D eigenvalue weighted by Gasteiger charge is 2.19. The molecule has 0 saturated carbocycles. The zero-order valence-electron chi connectivity index (χ0n) is 46.2. The molecule has 1 atom stereocenters. The fraction of sp³-hybridized carbons (Fsp3) is 0.677. The minimum atomic E-state index is -0.804. The van der Waals surface area contributed by atoms with Crippen molar-refractivity contribution in [3.63, 3.8) is 0 Å². The Hall–Kier alpha value is -3.93. The third-order valence-electron chi connectivity index (χ3n) is 12.2. The molecule has 0 amide bonds. The molecule has 0 aliphatic carbocycles. The van der Waals surface area contributed by atoms with Crippen molar-refractivity contribution >= 4 is 17.9 Å². The van der Waals surface area contributed by atoms with E-state index in [0.717, 1.165) is 116 Å². The maximum absolute atomic E-state index is 12.9. The summed E-state index contributed by atoms with van der Waals surface area (Å²) in [5.41, 5.74) is 0. The van der Waals surface area contributed by atoms with Gasteiger partial charge in [0.15, 0.2) is 6.10 Å². The van der Waals surface area contributed by atoms with Crippen LogP contribution in [-0.4, -0.2) is 37.2 Å². The van der Waals surface area contributed by atoms with Gasteiger partial charge in [0.25, 0.3) is 0 Å². The van der Waals surface area contributed by atoms with Crippen LogP contribution in [0.2, 0.25) is 0 Å². The number of allylic oxidation sites excluding steroid dienone is 18. The van der Waals surface area contributed by atoms with E-state index in [1.54, 1.807) is 0 Å². The Balaban J connectivity index is 4.47. The quantitative estimate of drug-likeness (QED) is 0.0261. The van der Waals surface area contributed by atoms with E-state index in [1.165, 1.54) is 109 Å². The molecule has 1 unspecified atom stereocenters. The molecule has 0 aliphatic rings. The minimum Gasteiger partial charge on any atom is -0.462 e. The molecule has 0 saturated heterocycles. The van der Waals surface area contributed by atoms with Crippen molar-refractivity contribution in [1.82, 2.24) is 0 Å². The summed E-state index contributed by atoms with van der Waals surface area (Å²) in [7, 11) is 0. The lowest BCUT2D eigenvalue weighted by molar-refractivity contribution is -0.167. The number of ether oxygens (including phenoxy) is 3. The molecule has 0 aromatic carbocycles. The van der Waals surface area contributed by atoms with E-state index in [-0.39, 0.29) is 31.1 Å². The SMILES string of the molecule is CC/C=C\C/C=C\C/C=C\C/C=C\C/C=C\C/C=C\CCCCC(=O)OCC(COC(=O)CCCCCCC/C=C\CCCCCC)OC(=O)CCCCCCCCCCC/C=C\C/C=C\CCCCC. The summed E-state index contributed by atoms with van der Waals surface area (Å²) in [6, 6.07) is 0. The third-order valence-corrected chi connectivity index (χ3v) is 12.2. The largest absolute Gasteiger partial charge is 0.462 e. The normalized spacial score (nSPS) is 12.9. The lowest BCUT2D eigenvalue weighted by atomic mass is 10.1. The van der Waals surface area contributed by atoms with Crippen LogP contribution in [0.1, 0.15) is 265 Å². The standard InChI is InChI=1S/C65H108O6/c1-4-7-10-13-16-19-22-25-27-29-31-32-34-35-37-40-43-46-49-52-55-58-64(67)70-61-62(60-69-63(66)57-54-51-48-45-42-39-24-21-18-15-12-9-6-3)71-65(68)59-56-53-50-47-44-41-38-36-33-30-28-26-23-20-17-14-11-8-5-2/h7,10,16-17,19-21,24-28,31-32,35,37,43,46,62H,4-6,8-9,11-15,18,22-23,29-30,33-34,36,38-42,44-45,47-61H2,1-3H3/b10-7-,19-16-,20-17-,24-21-,27-25-,28-26-,32-31-,37-35-,46-43-. The Morgan fingerprint density at radius 1 is 0.296 bits per heavy atom. The molecule has 0 aromatic heterocycles. The predicted molar refractivity (Wildman–Crippen MR) is 307 cm³/mol. The first kappa shape index (κ1) is 67.1. The van der Waals surface area contributed by atoms with Crippen LogP contribution in [0.15, 0.2) is 109 Å². The molecule has 0 N–H and O–H groups in total. The van der Waals surface area contributed by atoms with Gasteiger partial charge in [0, 0.05) is 19.3 Å². The third kappa shape index (κ3) is 56.9. The van der Waals surface area contributed by atoms with Crippen LogP contribution in [0.25, 0.3) is 0 Å². The molecule has 6 heteroatoms. The molecule has 0 bridgehead atoms. The van der Waals surface area contributed by atoms with E-state index in [4.69, 9.17) is 14.2 Å². The molecule has 0 fully saturated rings. The highest BCUT2D eigenvalue weighted by Crippen LogP contribution is 2.14. The summed E-state index contributed by atoms with van der Waals surface area (Å²) in [5.74, 6) is -0.955. The molecule has 0 heterocycles. The van der Waals surface area contributed by atoms with Crippen LogP contribution >= 0.6 is 0 Å². The van der Waals surface area contributed by atoms with Gasteiger partial charge in [0.05, 0.1) is 0 Å². The first-order valence-corrected chi connectivity index (χ1v) is 29.4. The topological polar surface area (TPSA) is 78.9 Å². The monoisotopic (exact) mass is 985 g/mol. The highest BCUT2D eigenvalue weighted by atomic mass is 16.6. The van der Waals surface area contributed by atoms with Gasteiger partial charge in [0.2, 0.25) is 0 Å². The van der Waals surface area contributed by atoms with E-state index < -0.39 is 6.10 Å². The van der Waals surface area contributed by atoms with E-state index in [9.17, 15) is 14.4 Å². The van der Waals surface area contributed by atoms with Crippen molar-refractivity contribution in [3.8, 4) is 0 Å². The summed E-state index contributed by atoms with van der Waals surface area (Å²) >= 11 is 0. The summed E-state index contributed by atoms with van der Waals surface area (Å²) in [5, 5.41) is 0. The molecular formula is C65H108O6. The predicted octanol–water partition coefficient (Wildman–Crippen LogP) is 19.9. The van der Waals surface area contributed by atoms with Crippen molar-refractivity contribution in [1.29, 1.82) is 0 Å². The molecule has 0 radical (unpaired) electrons. The van der Waals surface area contributed by atoms with Gasteiger partial charge in [-0.3, -0.25) is 14.4 Å². The lowest BCUT2D eigenvalue weighted by Gasteiger charge is -2.18. The Labute approximate surface area is 438 Å². The second-order valence-electron chi connectivity index (χ2n) is 19.2. The number of hydrogen-bond acceptors (Lipinski definition) is 6. The van der Waals surface area contributed by atoms with Crippen LogP contribution in [0.3, 0.4) is 0 Å². The van der Waals surface area contributed by atoms with Crippen molar-refractivity contribution in [2.75, 3.05) is 13.2 Å². The molecule has 71 heavy (non-hydrogen) atoms. The van der Waals surface area contributed by atoms with E-state index in [2.05, 4.69) is 130 Å². The van der Waals surface area contributed by atoms with Crippen LogP contribution < -0.4 is 0 Å². The Bertz CT molecular complexity index is 1460. The van der Waals surface area contributed by atoms with Crippen molar-refractivity contribution in [2.24, 2.45) is 0 Å². The number of esters is 3. The maximum atomic E-state index is 12.9. The van der Waals surface area contributed by atoms with Crippen LogP contribution in [0.5, 0.6) is 0 Å². The molecule has 0 aliphatic heterocycles. The first-order chi connectivity index (χ1) is 35.0. The number of carbonyl (C=O) groups excluding carboxylic acids is 3. The van der Waals surface area contributed by atoms with Gasteiger partial charge in [-0.1, -0.05) is 226 Å². The Morgan fingerprint density at radius 2 is 0.549 bits per heavy atom. The van der Waals surface area contributed by atoms with E-state index >= 15 is 0 Å². The highest BCUT2D eigenvalue weighted by molar-refractivity contribution is 5.71. The number of carbonyl (C=O) groups is 3. The first-order valence-electron chi connectivity index (χ1n) is 29.4. The molecule has 404 valence electrons. The number of rotatable bonds is 52. The molecule has 6 nitrogen and oxygen atoms in total. The molecule has 0 aromatic rings. The van der Waals surface area contributed by atoms with Gasteiger partial charge in [0.1, 0.15) is 13.2 Å². The van der Waals surface area contributed by atoms with Gasteiger partial charge in [-0.25, -0.2) is 0 Å². The van der Waals surface area contributed by atoms with Crippen LogP contribution in [0.4, 0.5) is 0 Å². The molecular weight excluding hydrogens is 877 g/mol. The number of hydrogen-bond donors (Lipinski definition) is 0. The summed E-state index contributed by atoms with van der Waals surface area (Å²) in [6.07, 6.45) is 79.3. The molecule has 0 rings (SSSR count).